The highest BCUT2D eigenvalue weighted by Crippen LogP contribution is 2.45. The molecule has 1 amide bonds. The fraction of sp³-hybridized carbons (Fsp3) is 0.394. The summed E-state index contributed by atoms with van der Waals surface area (Å²) in [6.07, 6.45) is -0.0135. The van der Waals surface area contributed by atoms with Crippen LogP contribution < -0.4 is 10.1 Å². The summed E-state index contributed by atoms with van der Waals surface area (Å²) in [5, 5.41) is 16.1. The number of nitrogens with zero attached hydrogens (tertiary/aromatic N) is 5. The summed E-state index contributed by atoms with van der Waals surface area (Å²) in [4.78, 5) is 24.9. The number of halogens is 1. The third kappa shape index (κ3) is 8.02. The SMILES string of the molecule is [N-]=[N+]=NCc1ccccc1C[C@@]1(C(=O)NCCN2CCOCC2)N=C(c2ccc(OCCCO)cc2)O[C@@H]1c1ccccc1Br. The molecule has 2 heterocycles. The summed E-state index contributed by atoms with van der Waals surface area (Å²) in [6.45, 7) is 4.73. The molecule has 236 valence electrons. The maximum absolute atomic E-state index is 14.5. The van der Waals surface area contributed by atoms with Crippen molar-refractivity contribution in [2.45, 2.75) is 31.0 Å². The molecule has 2 aliphatic rings. The molecule has 0 saturated carbocycles. The topological polar surface area (TPSA) is 141 Å². The van der Waals surface area contributed by atoms with Crippen molar-refractivity contribution in [1.29, 1.82) is 0 Å². The van der Waals surface area contributed by atoms with Crippen molar-refractivity contribution >= 4 is 27.7 Å². The molecule has 45 heavy (non-hydrogen) atoms. The number of amides is 1. The van der Waals surface area contributed by atoms with Crippen molar-refractivity contribution in [1.82, 2.24) is 10.2 Å². The Morgan fingerprint density at radius 1 is 1.11 bits per heavy atom. The van der Waals surface area contributed by atoms with Crippen LogP contribution in [0.3, 0.4) is 0 Å². The van der Waals surface area contributed by atoms with Crippen molar-refractivity contribution < 1.29 is 24.1 Å². The summed E-state index contributed by atoms with van der Waals surface area (Å²) >= 11 is 3.69. The van der Waals surface area contributed by atoms with Gasteiger partial charge in [0.25, 0.3) is 5.91 Å². The molecule has 3 aromatic rings. The standard InChI is InChI=1S/C33H37BrN6O5/c34-29-9-4-3-8-28(29)30-33(22-25-6-1-2-7-26(25)23-37-39-35,32(42)36-14-15-40-16-20-43-21-17-40)38-31(45-30)24-10-12-27(13-11-24)44-19-5-18-41/h1-4,6-13,30,41H,5,14-23H2,(H,36,42)/t30-,33-/m1/s1. The van der Waals surface area contributed by atoms with E-state index in [9.17, 15) is 4.79 Å². The van der Waals surface area contributed by atoms with Crippen LogP contribution in [0.15, 0.2) is 87.4 Å². The number of azide groups is 1. The number of rotatable bonds is 14. The molecule has 2 atom stereocenters. The predicted octanol–water partition coefficient (Wildman–Crippen LogP) is 4.97. The zero-order valence-electron chi connectivity index (χ0n) is 25.0. The van der Waals surface area contributed by atoms with Gasteiger partial charge in [0.2, 0.25) is 5.90 Å². The van der Waals surface area contributed by atoms with Crippen LogP contribution in [-0.4, -0.2) is 80.0 Å². The second-order valence-corrected chi connectivity index (χ2v) is 11.7. The molecule has 0 unspecified atom stereocenters. The molecule has 5 rings (SSSR count). The molecule has 1 saturated heterocycles. The number of aliphatic hydroxyl groups is 1. The Kier molecular flexibility index (Phi) is 11.5. The van der Waals surface area contributed by atoms with Crippen LogP contribution >= 0.6 is 15.9 Å². The van der Waals surface area contributed by atoms with Crippen LogP contribution in [0.2, 0.25) is 0 Å². The predicted molar refractivity (Wildman–Crippen MR) is 174 cm³/mol. The van der Waals surface area contributed by atoms with E-state index in [-0.39, 0.29) is 25.5 Å². The zero-order chi connectivity index (χ0) is 31.5. The second-order valence-electron chi connectivity index (χ2n) is 10.9. The number of nitrogens with one attached hydrogen (secondary N) is 1. The van der Waals surface area contributed by atoms with Crippen LogP contribution in [0.1, 0.15) is 34.8 Å². The van der Waals surface area contributed by atoms with Gasteiger partial charge in [0.15, 0.2) is 11.6 Å². The average molecular weight is 678 g/mol. The number of carbonyl (C=O) groups excluding carboxylic acids is 1. The number of aliphatic imine (C=N–C) groups is 1. The van der Waals surface area contributed by atoms with E-state index in [0.717, 1.165) is 34.3 Å². The fourth-order valence-electron chi connectivity index (χ4n) is 5.53. The molecule has 3 aromatic carbocycles. The van der Waals surface area contributed by atoms with Gasteiger partial charge in [-0.15, -0.1) is 0 Å². The summed E-state index contributed by atoms with van der Waals surface area (Å²) in [5.74, 6) is 0.745. The van der Waals surface area contributed by atoms with Crippen LogP contribution in [-0.2, 0) is 27.2 Å². The number of carbonyl (C=O) groups is 1. The van der Waals surface area contributed by atoms with Crippen molar-refractivity contribution in [2.24, 2.45) is 10.1 Å². The van der Waals surface area contributed by atoms with Crippen LogP contribution in [0.4, 0.5) is 0 Å². The Morgan fingerprint density at radius 3 is 2.58 bits per heavy atom. The molecule has 2 aliphatic heterocycles. The molecular weight excluding hydrogens is 640 g/mol. The van der Waals surface area contributed by atoms with Crippen LogP contribution in [0.25, 0.3) is 10.4 Å². The minimum absolute atomic E-state index is 0.0573. The van der Waals surface area contributed by atoms with Gasteiger partial charge in [0.05, 0.1) is 26.4 Å². The van der Waals surface area contributed by atoms with Gasteiger partial charge in [0.1, 0.15) is 5.75 Å². The van der Waals surface area contributed by atoms with Gasteiger partial charge < -0.3 is 24.6 Å². The van der Waals surface area contributed by atoms with E-state index in [1.54, 1.807) is 0 Å². The Labute approximate surface area is 271 Å². The third-order valence-corrected chi connectivity index (χ3v) is 8.64. The van der Waals surface area contributed by atoms with Gasteiger partial charge in [-0.3, -0.25) is 9.69 Å². The highest BCUT2D eigenvalue weighted by Gasteiger charge is 2.54. The fourth-order valence-corrected chi connectivity index (χ4v) is 6.03. The van der Waals surface area contributed by atoms with Crippen molar-refractivity contribution in [3.05, 3.63) is 110 Å². The van der Waals surface area contributed by atoms with Gasteiger partial charge in [-0.1, -0.05) is 63.5 Å². The van der Waals surface area contributed by atoms with Crippen LogP contribution in [0.5, 0.6) is 5.75 Å². The minimum Gasteiger partial charge on any atom is -0.494 e. The largest absolute Gasteiger partial charge is 0.494 e. The van der Waals surface area contributed by atoms with Crippen molar-refractivity contribution in [2.75, 3.05) is 52.6 Å². The van der Waals surface area contributed by atoms with Gasteiger partial charge in [-0.25, -0.2) is 4.99 Å². The lowest BCUT2D eigenvalue weighted by Gasteiger charge is -2.32. The Balaban J connectivity index is 1.54. The molecule has 0 spiro atoms. The summed E-state index contributed by atoms with van der Waals surface area (Å²) in [5.41, 5.74) is 10.8. The second kappa shape index (κ2) is 15.9. The molecule has 1 fully saturated rings. The number of hydrogen-bond donors (Lipinski definition) is 2. The maximum atomic E-state index is 14.5. The third-order valence-electron chi connectivity index (χ3n) is 7.92. The maximum Gasteiger partial charge on any atom is 0.252 e. The zero-order valence-corrected chi connectivity index (χ0v) is 26.6. The highest BCUT2D eigenvalue weighted by molar-refractivity contribution is 9.10. The van der Waals surface area contributed by atoms with E-state index < -0.39 is 11.6 Å². The van der Waals surface area contributed by atoms with E-state index in [1.807, 2.05) is 72.8 Å². The van der Waals surface area contributed by atoms with Gasteiger partial charge in [-0.05, 0) is 47.0 Å². The first-order valence-corrected chi connectivity index (χ1v) is 15.8. The van der Waals surface area contributed by atoms with Crippen LogP contribution in [0, 0.1) is 0 Å². The molecule has 2 N–H and O–H groups in total. The number of hydrogen-bond acceptors (Lipinski definition) is 8. The first-order valence-electron chi connectivity index (χ1n) is 15.0. The summed E-state index contributed by atoms with van der Waals surface area (Å²) in [6, 6.07) is 22.7. The van der Waals surface area contributed by atoms with E-state index >= 15 is 0 Å². The van der Waals surface area contributed by atoms with E-state index in [0.29, 0.717) is 56.5 Å². The molecule has 0 bridgehead atoms. The van der Waals surface area contributed by atoms with E-state index in [4.69, 9.17) is 29.8 Å². The van der Waals surface area contributed by atoms with Gasteiger partial charge >= 0.3 is 0 Å². The quantitative estimate of drug-likeness (QED) is 0.107. The molecule has 0 radical (unpaired) electrons. The number of aliphatic hydroxyl groups excluding tert-OH is 1. The molecular formula is C33H37BrN6O5. The normalized spacial score (nSPS) is 19.7. The summed E-state index contributed by atoms with van der Waals surface area (Å²) in [7, 11) is 0. The molecule has 12 heteroatoms. The number of ether oxygens (including phenoxy) is 3. The van der Waals surface area contributed by atoms with Gasteiger partial charge in [0, 0.05) is 66.1 Å². The highest BCUT2D eigenvalue weighted by atomic mass is 79.9. The molecule has 0 aromatic heterocycles. The molecule has 0 aliphatic carbocycles. The monoisotopic (exact) mass is 676 g/mol. The van der Waals surface area contributed by atoms with Gasteiger partial charge in [-0.2, -0.15) is 0 Å². The lowest BCUT2D eigenvalue weighted by Crippen LogP contribution is -2.52. The summed E-state index contributed by atoms with van der Waals surface area (Å²) < 4.78 is 18.6. The molecule has 11 nitrogen and oxygen atoms in total. The Bertz CT molecular complexity index is 1520. The first-order chi connectivity index (χ1) is 22.0. The van der Waals surface area contributed by atoms with Crippen molar-refractivity contribution in [3.8, 4) is 5.75 Å². The lowest BCUT2D eigenvalue weighted by atomic mass is 9.81. The number of benzene rings is 3. The Morgan fingerprint density at radius 2 is 1.84 bits per heavy atom. The lowest BCUT2D eigenvalue weighted by molar-refractivity contribution is -0.129. The van der Waals surface area contributed by atoms with E-state index in [1.165, 1.54) is 0 Å². The number of morpholine rings is 1. The Hall–Kier alpha value is -3.93. The minimum atomic E-state index is -1.38. The average Bonchev–Trinajstić information content (AvgIpc) is 3.45. The van der Waals surface area contributed by atoms with Crippen molar-refractivity contribution in [3.63, 3.8) is 0 Å². The first kappa shape index (κ1) is 32.5. The smallest absolute Gasteiger partial charge is 0.252 e. The van der Waals surface area contributed by atoms with E-state index in [2.05, 4.69) is 36.2 Å².